The van der Waals surface area contributed by atoms with Gasteiger partial charge < -0.3 is 20.1 Å². The number of ether oxygens (including phenoxy) is 2. The number of rotatable bonds is 6. The van der Waals surface area contributed by atoms with Gasteiger partial charge in [0, 0.05) is 22.2 Å². The van der Waals surface area contributed by atoms with E-state index >= 15 is 0 Å². The van der Waals surface area contributed by atoms with Gasteiger partial charge in [-0.15, -0.1) is 0 Å². The molecule has 2 N–H and O–H groups in total. The van der Waals surface area contributed by atoms with Crippen LogP contribution in [0.1, 0.15) is 37.9 Å². The van der Waals surface area contributed by atoms with E-state index in [0.29, 0.717) is 38.5 Å². The van der Waals surface area contributed by atoms with Gasteiger partial charge in [0.05, 0.1) is 25.0 Å². The molecule has 2 aromatic carbocycles. The third-order valence-corrected chi connectivity index (χ3v) is 4.88. The Labute approximate surface area is 181 Å². The SMILES string of the molecule is COc1cc(Cl)cc(C2NC(=S)NC(c3ccccc3)=C2C(C)=O)c1OC(C)C. The molecule has 0 aromatic heterocycles. The van der Waals surface area contributed by atoms with Crippen LogP contribution in [0.2, 0.25) is 5.02 Å². The number of Topliss-reactive ketones (excluding diaryl/α,β-unsaturated/α-hetero) is 1. The molecule has 1 aliphatic heterocycles. The summed E-state index contributed by atoms with van der Waals surface area (Å²) in [6.07, 6.45) is -0.101. The van der Waals surface area contributed by atoms with Crippen molar-refractivity contribution in [2.45, 2.75) is 32.9 Å². The van der Waals surface area contributed by atoms with E-state index in [2.05, 4.69) is 10.6 Å². The van der Waals surface area contributed by atoms with Gasteiger partial charge in [-0.05, 0) is 44.6 Å². The number of benzene rings is 2. The Bertz CT molecular complexity index is 974. The number of hydrogen-bond acceptors (Lipinski definition) is 4. The Morgan fingerprint density at radius 1 is 1.21 bits per heavy atom. The molecule has 0 saturated heterocycles. The second-order valence-electron chi connectivity index (χ2n) is 6.94. The monoisotopic (exact) mass is 430 g/mol. The lowest BCUT2D eigenvalue weighted by molar-refractivity contribution is -0.113. The summed E-state index contributed by atoms with van der Waals surface area (Å²) in [5.41, 5.74) is 2.77. The third-order valence-electron chi connectivity index (χ3n) is 4.45. The van der Waals surface area contributed by atoms with Gasteiger partial charge in [-0.25, -0.2) is 0 Å². The fourth-order valence-corrected chi connectivity index (χ4v) is 3.76. The molecule has 1 unspecified atom stereocenters. The van der Waals surface area contributed by atoms with Crippen molar-refractivity contribution in [3.63, 3.8) is 0 Å². The Morgan fingerprint density at radius 2 is 1.90 bits per heavy atom. The van der Waals surface area contributed by atoms with Crippen LogP contribution in [-0.2, 0) is 4.79 Å². The molecule has 5 nitrogen and oxygen atoms in total. The molecule has 152 valence electrons. The first-order valence-corrected chi connectivity index (χ1v) is 10.0. The van der Waals surface area contributed by atoms with Gasteiger partial charge in [-0.1, -0.05) is 41.9 Å². The zero-order valence-corrected chi connectivity index (χ0v) is 18.3. The Hall–Kier alpha value is -2.57. The smallest absolute Gasteiger partial charge is 0.171 e. The number of ketones is 1. The lowest BCUT2D eigenvalue weighted by Crippen LogP contribution is -2.44. The zero-order valence-electron chi connectivity index (χ0n) is 16.7. The van der Waals surface area contributed by atoms with Crippen LogP contribution in [0.25, 0.3) is 5.70 Å². The first kappa shape index (κ1) is 21.1. The van der Waals surface area contributed by atoms with E-state index in [4.69, 9.17) is 33.3 Å². The topological polar surface area (TPSA) is 59.6 Å². The van der Waals surface area contributed by atoms with E-state index < -0.39 is 6.04 Å². The number of nitrogens with one attached hydrogen (secondary N) is 2. The average molecular weight is 431 g/mol. The van der Waals surface area contributed by atoms with E-state index in [9.17, 15) is 4.79 Å². The van der Waals surface area contributed by atoms with E-state index in [-0.39, 0.29) is 11.9 Å². The number of methoxy groups -OCH3 is 1. The van der Waals surface area contributed by atoms with Crippen LogP contribution in [0.4, 0.5) is 0 Å². The molecule has 3 rings (SSSR count). The molecule has 0 bridgehead atoms. The summed E-state index contributed by atoms with van der Waals surface area (Å²) in [6, 6.07) is 12.5. The van der Waals surface area contributed by atoms with E-state index in [0.717, 1.165) is 5.56 Å². The minimum absolute atomic E-state index is 0.0919. The van der Waals surface area contributed by atoms with Crippen molar-refractivity contribution in [3.8, 4) is 11.5 Å². The average Bonchev–Trinajstić information content (AvgIpc) is 2.68. The van der Waals surface area contributed by atoms with Gasteiger partial charge in [-0.3, -0.25) is 4.79 Å². The Kier molecular flexibility index (Phi) is 6.45. The molecule has 0 radical (unpaired) electrons. The molecule has 2 aromatic rings. The minimum atomic E-state index is -0.544. The maximum Gasteiger partial charge on any atom is 0.171 e. The van der Waals surface area contributed by atoms with Gasteiger partial charge >= 0.3 is 0 Å². The van der Waals surface area contributed by atoms with Gasteiger partial charge in [0.1, 0.15) is 0 Å². The molecule has 0 aliphatic carbocycles. The van der Waals surface area contributed by atoms with Crippen LogP contribution in [0.3, 0.4) is 0 Å². The predicted octanol–water partition coefficient (Wildman–Crippen LogP) is 4.65. The molecule has 1 atom stereocenters. The fraction of sp³-hybridized carbons (Fsp3) is 0.273. The van der Waals surface area contributed by atoms with Gasteiger partial charge in [0.15, 0.2) is 22.4 Å². The third kappa shape index (κ3) is 4.54. The summed E-state index contributed by atoms with van der Waals surface area (Å²) in [5, 5.41) is 7.23. The second kappa shape index (κ2) is 8.84. The summed E-state index contributed by atoms with van der Waals surface area (Å²) in [4.78, 5) is 12.8. The molecule has 0 spiro atoms. The van der Waals surface area contributed by atoms with Crippen molar-refractivity contribution in [1.29, 1.82) is 0 Å². The van der Waals surface area contributed by atoms with Crippen LogP contribution < -0.4 is 20.1 Å². The first-order chi connectivity index (χ1) is 13.8. The van der Waals surface area contributed by atoms with E-state index in [1.165, 1.54) is 6.92 Å². The van der Waals surface area contributed by atoms with E-state index in [1.807, 2.05) is 44.2 Å². The molecular formula is C22H23ClN2O3S. The summed E-state index contributed by atoms with van der Waals surface area (Å²) in [7, 11) is 1.56. The highest BCUT2D eigenvalue weighted by Gasteiger charge is 2.33. The number of carbonyl (C=O) groups is 1. The molecule has 7 heteroatoms. The maximum atomic E-state index is 12.8. The summed E-state index contributed by atoms with van der Waals surface area (Å²) in [5.74, 6) is 0.933. The van der Waals surface area contributed by atoms with Crippen LogP contribution in [0, 0.1) is 0 Å². The quantitative estimate of drug-likeness (QED) is 0.650. The molecule has 0 amide bonds. The first-order valence-electron chi connectivity index (χ1n) is 9.24. The predicted molar refractivity (Wildman–Crippen MR) is 119 cm³/mol. The largest absolute Gasteiger partial charge is 0.493 e. The van der Waals surface area contributed by atoms with Crippen LogP contribution in [0.15, 0.2) is 48.0 Å². The maximum absolute atomic E-state index is 12.8. The Balaban J connectivity index is 2.27. The number of carbonyl (C=O) groups excluding carboxylic acids is 1. The fourth-order valence-electron chi connectivity index (χ4n) is 3.33. The number of thiocarbonyl (C=S) groups is 1. The zero-order chi connectivity index (χ0) is 21.1. The highest BCUT2D eigenvalue weighted by Crippen LogP contribution is 2.43. The van der Waals surface area contributed by atoms with Crippen LogP contribution >= 0.6 is 23.8 Å². The molecule has 1 heterocycles. The minimum Gasteiger partial charge on any atom is -0.493 e. The van der Waals surface area contributed by atoms with Crippen molar-refractivity contribution in [2.75, 3.05) is 7.11 Å². The summed E-state index contributed by atoms with van der Waals surface area (Å²) < 4.78 is 11.6. The highest BCUT2D eigenvalue weighted by atomic mass is 35.5. The van der Waals surface area contributed by atoms with Gasteiger partial charge in [-0.2, -0.15) is 0 Å². The molecule has 29 heavy (non-hydrogen) atoms. The standard InChI is InChI=1S/C22H23ClN2O3S/c1-12(2)28-21-16(10-15(23)11-17(21)27-4)20-18(13(3)26)19(24-22(29)25-20)14-8-6-5-7-9-14/h5-12,20H,1-4H3,(H2,24,25,29). The molecule has 0 fully saturated rings. The molecule has 1 aliphatic rings. The summed E-state index contributed by atoms with van der Waals surface area (Å²) in [6.45, 7) is 5.39. The highest BCUT2D eigenvalue weighted by molar-refractivity contribution is 7.80. The van der Waals surface area contributed by atoms with Crippen LogP contribution in [0.5, 0.6) is 11.5 Å². The van der Waals surface area contributed by atoms with Crippen molar-refractivity contribution in [1.82, 2.24) is 10.6 Å². The lowest BCUT2D eigenvalue weighted by Gasteiger charge is -2.33. The lowest BCUT2D eigenvalue weighted by atomic mass is 9.90. The van der Waals surface area contributed by atoms with Gasteiger partial charge in [0.25, 0.3) is 0 Å². The second-order valence-corrected chi connectivity index (χ2v) is 7.78. The van der Waals surface area contributed by atoms with Crippen molar-refractivity contribution in [2.24, 2.45) is 0 Å². The Morgan fingerprint density at radius 3 is 2.48 bits per heavy atom. The van der Waals surface area contributed by atoms with Crippen molar-refractivity contribution in [3.05, 3.63) is 64.2 Å². The summed E-state index contributed by atoms with van der Waals surface area (Å²) >= 11 is 11.8. The normalized spacial score (nSPS) is 16.3. The van der Waals surface area contributed by atoms with Crippen molar-refractivity contribution < 1.29 is 14.3 Å². The van der Waals surface area contributed by atoms with Gasteiger partial charge in [0.2, 0.25) is 0 Å². The molecule has 0 saturated carbocycles. The molecular weight excluding hydrogens is 408 g/mol. The number of hydrogen-bond donors (Lipinski definition) is 2. The van der Waals surface area contributed by atoms with E-state index in [1.54, 1.807) is 19.2 Å². The van der Waals surface area contributed by atoms with Crippen molar-refractivity contribution >= 4 is 40.4 Å². The number of halogens is 1. The van der Waals surface area contributed by atoms with Crippen LogP contribution in [-0.4, -0.2) is 24.1 Å².